The third-order valence-corrected chi connectivity index (χ3v) is 13.2. The summed E-state index contributed by atoms with van der Waals surface area (Å²) in [7, 11) is 0. The lowest BCUT2D eigenvalue weighted by atomic mass is 10.2. The van der Waals surface area contributed by atoms with E-state index in [1.54, 1.807) is 17.0 Å². The summed E-state index contributed by atoms with van der Waals surface area (Å²) in [5, 5.41) is 12.9. The van der Waals surface area contributed by atoms with Gasteiger partial charge in [-0.2, -0.15) is 0 Å². The number of nitrogens with one attached hydrogen (secondary N) is 2. The maximum Gasteiger partial charge on any atom is 0.267 e. The third-order valence-electron chi connectivity index (χ3n) is 10.5. The second-order valence-electron chi connectivity index (χ2n) is 17.3. The first-order chi connectivity index (χ1) is 37.9. The molecule has 0 aliphatic heterocycles. The van der Waals surface area contributed by atoms with Crippen molar-refractivity contribution in [2.24, 2.45) is 0 Å². The molecule has 0 saturated heterocycles. The van der Waals surface area contributed by atoms with Gasteiger partial charge in [0.1, 0.15) is 13.2 Å². The first-order valence-corrected chi connectivity index (χ1v) is 27.4. The van der Waals surface area contributed by atoms with Gasteiger partial charge in [-0.3, -0.25) is 29.9 Å². The molecule has 2 N–H and O–H groups in total. The number of anilines is 3. The Bertz CT molecular complexity index is 3260. The van der Waals surface area contributed by atoms with E-state index in [1.165, 1.54) is 34.0 Å². The minimum Gasteiger partial charge on any atom is -0.487 e. The van der Waals surface area contributed by atoms with Crippen molar-refractivity contribution in [3.63, 3.8) is 0 Å². The lowest BCUT2D eigenvalue weighted by Gasteiger charge is -2.21. The molecule has 3 amide bonds. The zero-order valence-corrected chi connectivity index (χ0v) is 46.3. The van der Waals surface area contributed by atoms with Crippen molar-refractivity contribution in [2.75, 3.05) is 35.4 Å². The summed E-state index contributed by atoms with van der Waals surface area (Å²) in [6.45, 7) is 10.5. The summed E-state index contributed by atoms with van der Waals surface area (Å²) in [6.07, 6.45) is 0.0434. The Labute approximate surface area is 466 Å². The smallest absolute Gasteiger partial charge is 0.267 e. The molecule has 0 aliphatic rings. The van der Waals surface area contributed by atoms with Gasteiger partial charge in [0.25, 0.3) is 17.7 Å². The van der Waals surface area contributed by atoms with Gasteiger partial charge in [0.05, 0.1) is 29.7 Å². The lowest BCUT2D eigenvalue weighted by Crippen LogP contribution is -2.34. The molecule has 0 fully saturated rings. The maximum absolute atomic E-state index is 13.1. The van der Waals surface area contributed by atoms with E-state index in [2.05, 4.69) is 25.6 Å². The number of aryl methyl sites for hydroxylation is 3. The number of aromatic nitrogens is 3. The van der Waals surface area contributed by atoms with Gasteiger partial charge in [0, 0.05) is 16.1 Å². The molecule has 0 bridgehead atoms. The number of amides is 3. The van der Waals surface area contributed by atoms with Crippen LogP contribution in [0.15, 0.2) is 180 Å². The van der Waals surface area contributed by atoms with Crippen LogP contribution in [0.3, 0.4) is 0 Å². The van der Waals surface area contributed by atoms with Gasteiger partial charge in [0.15, 0.2) is 69.7 Å². The average molecular weight is 1110 g/mol. The van der Waals surface area contributed by atoms with Crippen molar-refractivity contribution in [2.45, 2.75) is 60.5 Å². The highest BCUT2D eigenvalue weighted by Crippen LogP contribution is 2.31. The zero-order chi connectivity index (χ0) is 54.9. The molecular weight excluding hydrogens is 1040 g/mol. The molecule has 0 atom stereocenters. The molecule has 3 heterocycles. The van der Waals surface area contributed by atoms with Crippen LogP contribution in [-0.4, -0.2) is 58.6 Å². The largest absolute Gasteiger partial charge is 0.487 e. The number of carbonyl (C=O) groups excluding carboxylic acids is 3. The summed E-state index contributed by atoms with van der Waals surface area (Å²) in [5.41, 5.74) is 5.80. The topological polar surface area (TPSA) is 173 Å². The molecule has 402 valence electrons. The quantitative estimate of drug-likeness (QED) is 0.0659. The normalized spacial score (nSPS) is 10.4. The fourth-order valence-electron chi connectivity index (χ4n) is 6.90. The first-order valence-electron chi connectivity index (χ1n) is 24.8. The molecule has 15 nitrogen and oxygen atoms in total. The second-order valence-corrected chi connectivity index (χ2v) is 19.9. The predicted molar refractivity (Wildman–Crippen MR) is 309 cm³/mol. The van der Waals surface area contributed by atoms with Gasteiger partial charge in [-0.1, -0.05) is 127 Å². The number of thiazole rings is 3. The molecular formula is C60H60N6O9S3. The van der Waals surface area contributed by atoms with Gasteiger partial charge in [-0.25, -0.2) is 15.0 Å². The molecule has 0 radical (unpaired) electrons. The molecule has 18 heteroatoms. The Morgan fingerprint density at radius 2 is 0.808 bits per heavy atom. The van der Waals surface area contributed by atoms with Gasteiger partial charge >= 0.3 is 0 Å². The standard InChI is InChI=1S/C26H24N2O3S.C19H18N2O3S.C15H18N2O3S/c1-20-19-32-26(27-20)28(16-21-10-4-2-5-11-21)25(29)18-31-24-15-9-8-14-23(24)30-17-22-12-6-3-7-13-22;1-14-13-25-19(20-14)21-18(22)12-24-17-10-6-5-9-16(17)23-11-15-7-3-2-4-8-15;1-10(2)20-13-7-5-4-6-12(13)19-8-14(18)17-15-16-11(3)9-21-15/h2-15,19H,16-18H2,1H3;2-10,13H,11-12H2,1H3,(H,20,21,22);4-7,9-10H,8H2,1-3H3,(H,16,17,18). The summed E-state index contributed by atoms with van der Waals surface area (Å²) in [6, 6.07) is 51.7. The van der Waals surface area contributed by atoms with E-state index in [0.29, 0.717) is 69.7 Å². The summed E-state index contributed by atoms with van der Waals surface area (Å²) >= 11 is 4.22. The van der Waals surface area contributed by atoms with E-state index >= 15 is 0 Å². The van der Waals surface area contributed by atoms with Crippen LogP contribution >= 0.6 is 34.0 Å². The third kappa shape index (κ3) is 19.2. The van der Waals surface area contributed by atoms with E-state index in [4.69, 9.17) is 28.4 Å². The first kappa shape index (κ1) is 57.1. The highest BCUT2D eigenvalue weighted by molar-refractivity contribution is 7.14. The molecule has 0 spiro atoms. The van der Waals surface area contributed by atoms with Crippen LogP contribution in [0.2, 0.25) is 0 Å². The predicted octanol–water partition coefficient (Wildman–Crippen LogP) is 12.9. The van der Waals surface area contributed by atoms with Gasteiger partial charge in [-0.15, -0.1) is 34.0 Å². The molecule has 0 aliphatic carbocycles. The van der Waals surface area contributed by atoms with Crippen molar-refractivity contribution in [1.29, 1.82) is 0 Å². The number of hydrogen-bond donors (Lipinski definition) is 2. The number of hydrogen-bond acceptors (Lipinski definition) is 15. The van der Waals surface area contributed by atoms with Crippen molar-refractivity contribution in [3.05, 3.63) is 214 Å². The zero-order valence-electron chi connectivity index (χ0n) is 43.8. The van der Waals surface area contributed by atoms with Gasteiger partial charge in [0.2, 0.25) is 0 Å². The summed E-state index contributed by atoms with van der Waals surface area (Å²) in [4.78, 5) is 51.5. The number of para-hydroxylation sites is 6. The van der Waals surface area contributed by atoms with Crippen LogP contribution in [0.5, 0.6) is 34.5 Å². The molecule has 0 unspecified atom stereocenters. The molecule has 9 rings (SSSR count). The Hall–Kier alpha value is -8.58. The molecule has 78 heavy (non-hydrogen) atoms. The Morgan fingerprint density at radius 1 is 0.449 bits per heavy atom. The average Bonchev–Trinajstić information content (AvgIpc) is 4.21. The number of rotatable bonds is 22. The highest BCUT2D eigenvalue weighted by atomic mass is 32.1. The van der Waals surface area contributed by atoms with Crippen molar-refractivity contribution < 1.29 is 42.8 Å². The fraction of sp³-hybridized carbons (Fsp3) is 0.200. The Morgan fingerprint density at radius 3 is 1.21 bits per heavy atom. The van der Waals surface area contributed by atoms with Crippen molar-refractivity contribution >= 4 is 67.1 Å². The van der Waals surface area contributed by atoms with Crippen LogP contribution in [0.1, 0.15) is 47.6 Å². The van der Waals surface area contributed by atoms with E-state index in [1.807, 2.05) is 202 Å². The van der Waals surface area contributed by atoms with Crippen molar-refractivity contribution in [3.8, 4) is 34.5 Å². The van der Waals surface area contributed by atoms with E-state index < -0.39 is 0 Å². The molecule has 0 saturated carbocycles. The SMILES string of the molecule is Cc1csc(N(Cc2ccccc2)C(=O)COc2ccccc2OCc2ccccc2)n1.Cc1csc(NC(=O)COc2ccccc2OC(C)C)n1.Cc1csc(NC(=O)COc2ccccc2OCc2ccccc2)n1. The van der Waals surface area contributed by atoms with Crippen LogP contribution < -0.4 is 44.0 Å². The van der Waals surface area contributed by atoms with Gasteiger partial charge in [-0.05, 0) is 87.7 Å². The summed E-state index contributed by atoms with van der Waals surface area (Å²) < 4.78 is 34.4. The van der Waals surface area contributed by atoms with Crippen LogP contribution in [0.25, 0.3) is 0 Å². The minimum absolute atomic E-state index is 0.0434. The number of carbonyl (C=O) groups is 3. The molecule has 6 aromatic carbocycles. The maximum atomic E-state index is 13.1. The van der Waals surface area contributed by atoms with Crippen molar-refractivity contribution in [1.82, 2.24) is 15.0 Å². The minimum atomic E-state index is -0.257. The summed E-state index contributed by atoms with van der Waals surface area (Å²) in [5.74, 6) is 2.78. The van der Waals surface area contributed by atoms with Gasteiger partial charge < -0.3 is 28.4 Å². The highest BCUT2D eigenvalue weighted by Gasteiger charge is 2.21. The van der Waals surface area contributed by atoms with Crippen LogP contribution in [0, 0.1) is 20.8 Å². The second kappa shape index (κ2) is 30.2. The van der Waals surface area contributed by atoms with E-state index in [9.17, 15) is 14.4 Å². The number of nitrogens with zero attached hydrogens (tertiary/aromatic N) is 4. The Balaban J connectivity index is 0.000000174. The molecule has 9 aromatic rings. The van der Waals surface area contributed by atoms with Crippen LogP contribution in [0.4, 0.5) is 15.4 Å². The van der Waals surface area contributed by atoms with E-state index in [0.717, 1.165) is 33.8 Å². The monoisotopic (exact) mass is 1100 g/mol. The number of ether oxygens (including phenoxy) is 6. The van der Waals surface area contributed by atoms with Crippen LogP contribution in [-0.2, 0) is 34.1 Å². The fourth-order valence-corrected chi connectivity index (χ4v) is 9.13. The van der Waals surface area contributed by atoms with E-state index in [-0.39, 0.29) is 43.6 Å². The Kier molecular flexibility index (Phi) is 22.1. The molecule has 3 aromatic heterocycles. The lowest BCUT2D eigenvalue weighted by molar-refractivity contribution is -0.121. The number of benzene rings is 6.